The highest BCUT2D eigenvalue weighted by Crippen LogP contribution is 2.36. The van der Waals surface area contributed by atoms with E-state index in [-0.39, 0.29) is 5.92 Å². The first-order chi connectivity index (χ1) is 6.53. The zero-order valence-corrected chi connectivity index (χ0v) is 9.69. The molecular formula is C10H19NO2S. The number of hydrogen-bond acceptors (Lipinski definition) is 3. The first kappa shape index (κ1) is 11.9. The molecule has 0 aromatic rings. The van der Waals surface area contributed by atoms with Gasteiger partial charge in [0.15, 0.2) is 0 Å². The van der Waals surface area contributed by atoms with Crippen molar-refractivity contribution in [2.24, 2.45) is 5.92 Å². The topological polar surface area (TPSA) is 49.3 Å². The number of carboxylic acid groups (broad SMARTS) is 1. The second-order valence-corrected chi connectivity index (χ2v) is 5.95. The Morgan fingerprint density at radius 1 is 1.71 bits per heavy atom. The van der Waals surface area contributed by atoms with Gasteiger partial charge in [0.05, 0.1) is 5.92 Å². The van der Waals surface area contributed by atoms with Crippen LogP contribution in [0.25, 0.3) is 0 Å². The molecule has 0 bridgehead atoms. The normalized spacial score (nSPS) is 29.0. The van der Waals surface area contributed by atoms with E-state index in [1.807, 2.05) is 11.8 Å². The lowest BCUT2D eigenvalue weighted by Crippen LogP contribution is -2.36. The first-order valence-electron chi connectivity index (χ1n) is 5.11. The fraction of sp³-hybridized carbons (Fsp3) is 0.900. The van der Waals surface area contributed by atoms with Crippen LogP contribution >= 0.6 is 11.8 Å². The molecule has 1 heterocycles. The van der Waals surface area contributed by atoms with Gasteiger partial charge in [0.25, 0.3) is 0 Å². The third kappa shape index (κ3) is 3.50. The van der Waals surface area contributed by atoms with Crippen molar-refractivity contribution >= 4 is 17.7 Å². The minimum absolute atomic E-state index is 0.287. The van der Waals surface area contributed by atoms with Gasteiger partial charge in [0.2, 0.25) is 0 Å². The molecule has 0 aromatic carbocycles. The predicted molar refractivity (Wildman–Crippen MR) is 59.8 cm³/mol. The quantitative estimate of drug-likeness (QED) is 0.734. The average Bonchev–Trinajstić information content (AvgIpc) is 2.52. The van der Waals surface area contributed by atoms with Crippen LogP contribution in [-0.2, 0) is 4.79 Å². The van der Waals surface area contributed by atoms with Gasteiger partial charge in [-0.25, -0.2) is 0 Å². The third-order valence-corrected chi connectivity index (χ3v) is 4.21. The third-order valence-electron chi connectivity index (χ3n) is 2.67. The van der Waals surface area contributed by atoms with Crippen LogP contribution in [0.4, 0.5) is 0 Å². The first-order valence-corrected chi connectivity index (χ1v) is 6.09. The van der Waals surface area contributed by atoms with E-state index >= 15 is 0 Å². The molecule has 0 amide bonds. The summed E-state index contributed by atoms with van der Waals surface area (Å²) >= 11 is 1.99. The molecule has 0 aliphatic carbocycles. The number of nitrogens with one attached hydrogen (secondary N) is 1. The van der Waals surface area contributed by atoms with E-state index in [0.29, 0.717) is 11.3 Å². The van der Waals surface area contributed by atoms with E-state index in [1.165, 1.54) is 18.6 Å². The molecule has 0 aromatic heterocycles. The van der Waals surface area contributed by atoms with Gasteiger partial charge in [-0.3, -0.25) is 4.79 Å². The number of rotatable bonds is 5. The van der Waals surface area contributed by atoms with Crippen molar-refractivity contribution in [3.63, 3.8) is 0 Å². The summed E-state index contributed by atoms with van der Waals surface area (Å²) in [4.78, 5) is 10.6. The molecule has 1 fully saturated rings. The van der Waals surface area contributed by atoms with Gasteiger partial charge < -0.3 is 10.4 Å². The maximum atomic E-state index is 10.6. The lowest BCUT2D eigenvalue weighted by molar-refractivity contribution is -0.140. The number of aliphatic carboxylic acids is 1. The molecule has 0 radical (unpaired) electrons. The Morgan fingerprint density at radius 3 is 2.93 bits per heavy atom. The molecule has 3 nitrogen and oxygen atoms in total. The van der Waals surface area contributed by atoms with Gasteiger partial charge in [0, 0.05) is 17.8 Å². The molecule has 82 valence electrons. The van der Waals surface area contributed by atoms with Gasteiger partial charge in [-0.2, -0.15) is 11.8 Å². The lowest BCUT2D eigenvalue weighted by Gasteiger charge is -2.23. The van der Waals surface area contributed by atoms with Gasteiger partial charge in [-0.05, 0) is 25.5 Å². The van der Waals surface area contributed by atoms with Gasteiger partial charge >= 0.3 is 5.97 Å². The predicted octanol–water partition coefficient (Wildman–Crippen LogP) is 1.58. The summed E-state index contributed by atoms with van der Waals surface area (Å²) in [5.74, 6) is 0.235. The molecule has 1 aliphatic heterocycles. The van der Waals surface area contributed by atoms with E-state index in [0.717, 1.165) is 6.54 Å². The van der Waals surface area contributed by atoms with Crippen LogP contribution in [0.1, 0.15) is 26.7 Å². The van der Waals surface area contributed by atoms with Crippen LogP contribution in [0, 0.1) is 5.92 Å². The molecule has 2 atom stereocenters. The molecular weight excluding hydrogens is 198 g/mol. The summed E-state index contributed by atoms with van der Waals surface area (Å²) in [6.07, 6.45) is 2.53. The van der Waals surface area contributed by atoms with Crippen molar-refractivity contribution in [3.05, 3.63) is 0 Å². The van der Waals surface area contributed by atoms with Crippen LogP contribution in [-0.4, -0.2) is 34.7 Å². The number of thioether (sulfide) groups is 1. The Bertz CT molecular complexity index is 202. The second-order valence-electron chi connectivity index (χ2n) is 4.27. The Morgan fingerprint density at radius 2 is 2.43 bits per heavy atom. The molecule has 2 unspecified atom stereocenters. The summed E-state index contributed by atoms with van der Waals surface area (Å²) in [6.45, 7) is 5.49. The van der Waals surface area contributed by atoms with Gasteiger partial charge in [0.1, 0.15) is 0 Å². The van der Waals surface area contributed by atoms with Crippen LogP contribution < -0.4 is 5.32 Å². The van der Waals surface area contributed by atoms with Crippen molar-refractivity contribution in [3.8, 4) is 0 Å². The molecule has 14 heavy (non-hydrogen) atoms. The van der Waals surface area contributed by atoms with Crippen molar-refractivity contribution in [1.82, 2.24) is 5.32 Å². The number of carbonyl (C=O) groups is 1. The smallest absolute Gasteiger partial charge is 0.307 e. The fourth-order valence-electron chi connectivity index (χ4n) is 1.62. The van der Waals surface area contributed by atoms with Crippen molar-refractivity contribution in [2.75, 3.05) is 18.8 Å². The maximum Gasteiger partial charge on any atom is 0.307 e. The van der Waals surface area contributed by atoms with E-state index < -0.39 is 5.97 Å². The minimum Gasteiger partial charge on any atom is -0.481 e. The summed E-state index contributed by atoms with van der Waals surface area (Å²) in [5.41, 5.74) is 0. The van der Waals surface area contributed by atoms with Crippen molar-refractivity contribution < 1.29 is 9.90 Å². The van der Waals surface area contributed by atoms with Crippen LogP contribution in [0.5, 0.6) is 0 Å². The zero-order chi connectivity index (χ0) is 10.6. The fourth-order valence-corrected chi connectivity index (χ4v) is 2.89. The monoisotopic (exact) mass is 217 g/mol. The van der Waals surface area contributed by atoms with Crippen molar-refractivity contribution in [2.45, 2.75) is 31.4 Å². The summed E-state index contributed by atoms with van der Waals surface area (Å²) in [6, 6.07) is 0. The van der Waals surface area contributed by atoms with Crippen molar-refractivity contribution in [1.29, 1.82) is 0 Å². The Kier molecular flexibility index (Phi) is 4.26. The van der Waals surface area contributed by atoms with Crippen LogP contribution in [0.15, 0.2) is 0 Å². The van der Waals surface area contributed by atoms with Crippen LogP contribution in [0.2, 0.25) is 0 Å². The van der Waals surface area contributed by atoms with Gasteiger partial charge in [-0.1, -0.05) is 6.92 Å². The molecule has 0 saturated carbocycles. The Labute approximate surface area is 89.6 Å². The largest absolute Gasteiger partial charge is 0.481 e. The number of carboxylic acids is 1. The molecule has 2 N–H and O–H groups in total. The minimum atomic E-state index is -0.721. The molecule has 1 saturated heterocycles. The van der Waals surface area contributed by atoms with E-state index in [4.69, 9.17) is 5.11 Å². The standard InChI is InChI=1S/C10H19NO2S/c1-8(9(12)13)6-11-7-10(2)4-3-5-14-10/h8,11H,3-7H2,1-2H3,(H,12,13). The SMILES string of the molecule is CC(CNCC1(C)CCCS1)C(=O)O. The lowest BCUT2D eigenvalue weighted by atomic mass is 10.1. The molecule has 4 heteroatoms. The highest BCUT2D eigenvalue weighted by molar-refractivity contribution is 8.00. The summed E-state index contributed by atoms with van der Waals surface area (Å²) in [5, 5.41) is 11.9. The van der Waals surface area contributed by atoms with Crippen LogP contribution in [0.3, 0.4) is 0 Å². The Hall–Kier alpha value is -0.220. The highest BCUT2D eigenvalue weighted by Gasteiger charge is 2.29. The van der Waals surface area contributed by atoms with E-state index in [1.54, 1.807) is 6.92 Å². The summed E-state index contributed by atoms with van der Waals surface area (Å²) in [7, 11) is 0. The summed E-state index contributed by atoms with van der Waals surface area (Å²) < 4.78 is 0.332. The average molecular weight is 217 g/mol. The molecule has 1 rings (SSSR count). The van der Waals surface area contributed by atoms with E-state index in [9.17, 15) is 4.79 Å². The number of hydrogen-bond donors (Lipinski definition) is 2. The zero-order valence-electron chi connectivity index (χ0n) is 8.88. The highest BCUT2D eigenvalue weighted by atomic mass is 32.2. The van der Waals surface area contributed by atoms with Gasteiger partial charge in [-0.15, -0.1) is 0 Å². The molecule has 1 aliphatic rings. The second kappa shape index (κ2) is 5.03. The maximum absolute atomic E-state index is 10.6. The molecule has 0 spiro atoms. The van der Waals surface area contributed by atoms with E-state index in [2.05, 4.69) is 12.2 Å². The Balaban J connectivity index is 2.17.